The Bertz CT molecular complexity index is 859. The molecule has 0 aliphatic carbocycles. The van der Waals surface area contributed by atoms with Crippen molar-refractivity contribution in [3.05, 3.63) is 48.0 Å². The minimum Gasteiger partial charge on any atom is -0.494 e. The van der Waals surface area contributed by atoms with Gasteiger partial charge in [0.05, 0.1) is 12.5 Å². The Labute approximate surface area is 156 Å². The molecule has 0 bridgehead atoms. The molecular formula is C20H20N2O5. The monoisotopic (exact) mass is 368 g/mol. The van der Waals surface area contributed by atoms with Crippen LogP contribution in [0.2, 0.25) is 0 Å². The van der Waals surface area contributed by atoms with Gasteiger partial charge in [-0.1, -0.05) is 0 Å². The Balaban J connectivity index is 1.30. The van der Waals surface area contributed by atoms with Crippen molar-refractivity contribution in [3.63, 3.8) is 0 Å². The van der Waals surface area contributed by atoms with Crippen molar-refractivity contribution in [2.45, 2.75) is 6.92 Å². The van der Waals surface area contributed by atoms with Crippen LogP contribution in [0, 0.1) is 5.92 Å². The second-order valence-corrected chi connectivity index (χ2v) is 6.42. The number of carbonyl (C=O) groups is 2. The molecule has 2 heterocycles. The molecule has 2 aliphatic rings. The molecule has 7 heteroatoms. The van der Waals surface area contributed by atoms with Gasteiger partial charge in [0.25, 0.3) is 5.91 Å². The number of hydrogen-bond donors (Lipinski definition) is 1. The Morgan fingerprint density at radius 3 is 2.59 bits per heavy atom. The summed E-state index contributed by atoms with van der Waals surface area (Å²) in [5, 5.41) is 2.88. The second kappa shape index (κ2) is 7.19. The fraction of sp³-hybridized carbons (Fsp3) is 0.300. The summed E-state index contributed by atoms with van der Waals surface area (Å²) in [6.45, 7) is 3.49. The number of likely N-dealkylation sites (tertiary alicyclic amines) is 1. The van der Waals surface area contributed by atoms with Crippen LogP contribution in [-0.2, 0) is 4.79 Å². The molecule has 0 spiro atoms. The third-order valence-electron chi connectivity index (χ3n) is 4.59. The van der Waals surface area contributed by atoms with Gasteiger partial charge in [0.1, 0.15) is 5.75 Å². The highest BCUT2D eigenvalue weighted by molar-refractivity contribution is 5.99. The van der Waals surface area contributed by atoms with Crippen molar-refractivity contribution in [1.82, 2.24) is 4.90 Å². The first-order valence-corrected chi connectivity index (χ1v) is 8.86. The van der Waals surface area contributed by atoms with Gasteiger partial charge >= 0.3 is 0 Å². The molecule has 7 nitrogen and oxygen atoms in total. The van der Waals surface area contributed by atoms with Crippen LogP contribution in [0.3, 0.4) is 0 Å². The van der Waals surface area contributed by atoms with Crippen LogP contribution in [0.25, 0.3) is 0 Å². The van der Waals surface area contributed by atoms with E-state index in [2.05, 4.69) is 5.32 Å². The van der Waals surface area contributed by atoms with E-state index in [0.29, 0.717) is 42.4 Å². The molecular weight excluding hydrogens is 348 g/mol. The number of nitrogens with one attached hydrogen (secondary N) is 1. The molecule has 2 aromatic carbocycles. The summed E-state index contributed by atoms with van der Waals surface area (Å²) >= 11 is 0. The average molecular weight is 368 g/mol. The van der Waals surface area contributed by atoms with Gasteiger partial charge in [0.15, 0.2) is 11.5 Å². The second-order valence-electron chi connectivity index (χ2n) is 6.42. The van der Waals surface area contributed by atoms with Crippen molar-refractivity contribution >= 4 is 17.5 Å². The quantitative estimate of drug-likeness (QED) is 0.878. The SMILES string of the molecule is CCOc1ccc(NC(=O)C2CN(C(=O)c3ccc4c(c3)OCO4)C2)cc1. The summed E-state index contributed by atoms with van der Waals surface area (Å²) in [6.07, 6.45) is 0. The highest BCUT2D eigenvalue weighted by atomic mass is 16.7. The van der Waals surface area contributed by atoms with E-state index in [9.17, 15) is 9.59 Å². The molecule has 0 radical (unpaired) electrons. The molecule has 0 aromatic heterocycles. The van der Waals surface area contributed by atoms with Crippen LogP contribution in [-0.4, -0.2) is 43.2 Å². The molecule has 0 unspecified atom stereocenters. The molecule has 2 amide bonds. The number of anilines is 1. The fourth-order valence-electron chi connectivity index (χ4n) is 3.07. The van der Waals surface area contributed by atoms with Gasteiger partial charge in [-0.2, -0.15) is 0 Å². The predicted octanol–water partition coefficient (Wildman–Crippen LogP) is 2.52. The molecule has 2 aromatic rings. The zero-order valence-corrected chi connectivity index (χ0v) is 14.9. The van der Waals surface area contributed by atoms with E-state index in [0.717, 1.165) is 5.75 Å². The van der Waals surface area contributed by atoms with Crippen molar-refractivity contribution in [1.29, 1.82) is 0 Å². The summed E-state index contributed by atoms with van der Waals surface area (Å²) in [4.78, 5) is 26.5. The van der Waals surface area contributed by atoms with Crippen LogP contribution in [0.4, 0.5) is 5.69 Å². The van der Waals surface area contributed by atoms with Gasteiger partial charge in [0.2, 0.25) is 12.7 Å². The van der Waals surface area contributed by atoms with Crippen molar-refractivity contribution in [2.75, 3.05) is 31.8 Å². The first-order valence-electron chi connectivity index (χ1n) is 8.86. The van der Waals surface area contributed by atoms with E-state index in [-0.39, 0.29) is 24.5 Å². The smallest absolute Gasteiger partial charge is 0.254 e. The zero-order valence-electron chi connectivity index (χ0n) is 14.9. The van der Waals surface area contributed by atoms with Crippen LogP contribution in [0.15, 0.2) is 42.5 Å². The molecule has 1 saturated heterocycles. The Morgan fingerprint density at radius 1 is 1.11 bits per heavy atom. The topological polar surface area (TPSA) is 77.1 Å². The van der Waals surface area contributed by atoms with Gasteiger partial charge in [-0.05, 0) is 49.4 Å². The van der Waals surface area contributed by atoms with Gasteiger partial charge in [-0.15, -0.1) is 0 Å². The van der Waals surface area contributed by atoms with E-state index in [4.69, 9.17) is 14.2 Å². The predicted molar refractivity (Wildman–Crippen MR) is 98.2 cm³/mol. The first kappa shape index (κ1) is 17.2. The maximum absolute atomic E-state index is 12.5. The Hall–Kier alpha value is -3.22. The summed E-state index contributed by atoms with van der Waals surface area (Å²) in [5.41, 5.74) is 1.24. The van der Waals surface area contributed by atoms with Crippen LogP contribution < -0.4 is 19.5 Å². The highest BCUT2D eigenvalue weighted by Gasteiger charge is 2.36. The first-order chi connectivity index (χ1) is 13.1. The minimum atomic E-state index is -0.213. The van der Waals surface area contributed by atoms with Crippen LogP contribution in [0.1, 0.15) is 17.3 Å². The molecule has 27 heavy (non-hydrogen) atoms. The van der Waals surface area contributed by atoms with Crippen molar-refractivity contribution in [3.8, 4) is 17.2 Å². The van der Waals surface area contributed by atoms with E-state index < -0.39 is 0 Å². The summed E-state index contributed by atoms with van der Waals surface area (Å²) < 4.78 is 15.9. The lowest BCUT2D eigenvalue weighted by Crippen LogP contribution is -2.54. The van der Waals surface area contributed by atoms with Crippen molar-refractivity contribution in [2.24, 2.45) is 5.92 Å². The maximum Gasteiger partial charge on any atom is 0.254 e. The minimum absolute atomic E-state index is 0.0890. The molecule has 1 fully saturated rings. The van der Waals surface area contributed by atoms with Crippen molar-refractivity contribution < 1.29 is 23.8 Å². The third kappa shape index (κ3) is 3.53. The molecule has 4 rings (SSSR count). The van der Waals surface area contributed by atoms with Gasteiger partial charge in [-0.25, -0.2) is 0 Å². The van der Waals surface area contributed by atoms with Crippen LogP contribution in [0.5, 0.6) is 17.2 Å². The lowest BCUT2D eigenvalue weighted by atomic mass is 9.97. The number of hydrogen-bond acceptors (Lipinski definition) is 5. The Kier molecular flexibility index (Phi) is 4.58. The van der Waals surface area contributed by atoms with Gasteiger partial charge in [0, 0.05) is 24.3 Å². The summed E-state index contributed by atoms with van der Waals surface area (Å²) in [7, 11) is 0. The zero-order chi connectivity index (χ0) is 18.8. The van der Waals surface area contributed by atoms with Gasteiger partial charge < -0.3 is 24.4 Å². The highest BCUT2D eigenvalue weighted by Crippen LogP contribution is 2.33. The number of carbonyl (C=O) groups excluding carboxylic acids is 2. The average Bonchev–Trinajstić information content (AvgIpc) is 3.10. The Morgan fingerprint density at radius 2 is 1.85 bits per heavy atom. The largest absolute Gasteiger partial charge is 0.494 e. The lowest BCUT2D eigenvalue weighted by Gasteiger charge is -2.38. The summed E-state index contributed by atoms with van der Waals surface area (Å²) in [6, 6.07) is 12.4. The number of amides is 2. The molecule has 2 aliphatic heterocycles. The third-order valence-corrected chi connectivity index (χ3v) is 4.59. The molecule has 0 saturated carbocycles. The van der Waals surface area contributed by atoms with E-state index in [1.807, 2.05) is 19.1 Å². The van der Waals surface area contributed by atoms with Crippen LogP contribution >= 0.6 is 0 Å². The number of ether oxygens (including phenoxy) is 3. The molecule has 0 atom stereocenters. The standard InChI is InChI=1S/C20H20N2O5/c1-2-25-16-6-4-15(5-7-16)21-19(23)14-10-22(11-14)20(24)13-3-8-17-18(9-13)27-12-26-17/h3-9,14H,2,10-12H2,1H3,(H,21,23). The summed E-state index contributed by atoms with van der Waals surface area (Å²) in [5.74, 6) is 1.57. The number of fused-ring (bicyclic) bond motifs is 1. The fourth-order valence-corrected chi connectivity index (χ4v) is 3.07. The van der Waals surface area contributed by atoms with E-state index >= 15 is 0 Å². The maximum atomic E-state index is 12.5. The lowest BCUT2D eigenvalue weighted by molar-refractivity contribution is -0.123. The normalized spacial score (nSPS) is 15.2. The van der Waals surface area contributed by atoms with E-state index in [1.165, 1.54) is 0 Å². The number of rotatable bonds is 5. The van der Waals surface area contributed by atoms with E-state index in [1.54, 1.807) is 35.2 Å². The molecule has 1 N–H and O–H groups in total. The number of benzene rings is 2. The van der Waals surface area contributed by atoms with Gasteiger partial charge in [-0.3, -0.25) is 9.59 Å². The number of nitrogens with zero attached hydrogens (tertiary/aromatic N) is 1. The molecule has 140 valence electrons.